The van der Waals surface area contributed by atoms with E-state index in [1.165, 1.54) is 0 Å². The van der Waals surface area contributed by atoms with Gasteiger partial charge in [-0.2, -0.15) is 10.4 Å². The molecule has 3 aromatic carbocycles. The standard InChI is InChI=1S/C25H21ClN4O2/c1-15-21-11-16(22-12-18(26)7-5-17(22)14-27)6-9-20(21)25(29-28-15)30(2)23-10-8-19(31-3)13-24(23)32-4/h5-13H,1-4H3. The number of nitrogens with zero attached hydrogens (tertiary/aromatic N) is 4. The molecule has 32 heavy (non-hydrogen) atoms. The Balaban J connectivity index is 1.86. The average Bonchev–Trinajstić information content (AvgIpc) is 2.83. The van der Waals surface area contributed by atoms with Crippen LogP contribution in [0.2, 0.25) is 5.02 Å². The molecule has 160 valence electrons. The van der Waals surface area contributed by atoms with E-state index < -0.39 is 0 Å². The maximum absolute atomic E-state index is 9.53. The molecule has 0 N–H and O–H groups in total. The van der Waals surface area contributed by atoms with Crippen LogP contribution in [-0.2, 0) is 0 Å². The number of aromatic nitrogens is 2. The van der Waals surface area contributed by atoms with Crippen LogP contribution in [0.3, 0.4) is 0 Å². The minimum absolute atomic E-state index is 0.564. The van der Waals surface area contributed by atoms with Gasteiger partial charge in [-0.3, -0.25) is 0 Å². The minimum Gasteiger partial charge on any atom is -0.497 e. The van der Waals surface area contributed by atoms with Crippen molar-refractivity contribution in [3.05, 3.63) is 70.9 Å². The quantitative estimate of drug-likeness (QED) is 0.380. The summed E-state index contributed by atoms with van der Waals surface area (Å²) < 4.78 is 10.9. The summed E-state index contributed by atoms with van der Waals surface area (Å²) in [4.78, 5) is 1.94. The van der Waals surface area contributed by atoms with Crippen molar-refractivity contribution in [2.45, 2.75) is 6.92 Å². The molecule has 0 atom stereocenters. The van der Waals surface area contributed by atoms with Crippen molar-refractivity contribution >= 4 is 33.9 Å². The van der Waals surface area contributed by atoms with E-state index in [4.69, 9.17) is 21.1 Å². The highest BCUT2D eigenvalue weighted by Gasteiger charge is 2.17. The molecule has 0 unspecified atom stereocenters. The predicted octanol–water partition coefficient (Wildman–Crippen LogP) is 5.92. The molecule has 0 fully saturated rings. The van der Waals surface area contributed by atoms with Gasteiger partial charge in [-0.25, -0.2) is 0 Å². The Morgan fingerprint density at radius 1 is 0.938 bits per heavy atom. The Morgan fingerprint density at radius 3 is 2.47 bits per heavy atom. The molecule has 0 radical (unpaired) electrons. The van der Waals surface area contributed by atoms with Crippen molar-refractivity contribution < 1.29 is 9.47 Å². The second-order valence-corrected chi connectivity index (χ2v) is 7.70. The van der Waals surface area contributed by atoms with Gasteiger partial charge in [0.25, 0.3) is 0 Å². The van der Waals surface area contributed by atoms with Gasteiger partial charge in [0.15, 0.2) is 5.82 Å². The number of methoxy groups -OCH3 is 2. The SMILES string of the molecule is COc1ccc(N(C)c2nnc(C)c3cc(-c4cc(Cl)ccc4C#N)ccc23)c(OC)c1. The number of ether oxygens (including phenoxy) is 2. The summed E-state index contributed by atoms with van der Waals surface area (Å²) in [6.45, 7) is 1.92. The van der Waals surface area contributed by atoms with Gasteiger partial charge in [0, 0.05) is 34.5 Å². The summed E-state index contributed by atoms with van der Waals surface area (Å²) >= 11 is 6.20. The van der Waals surface area contributed by atoms with Gasteiger partial charge in [-0.05, 0) is 55.0 Å². The third-order valence-electron chi connectivity index (χ3n) is 5.42. The van der Waals surface area contributed by atoms with Crippen LogP contribution in [0.1, 0.15) is 11.3 Å². The van der Waals surface area contributed by atoms with Crippen molar-refractivity contribution in [2.75, 3.05) is 26.2 Å². The largest absolute Gasteiger partial charge is 0.497 e. The zero-order valence-electron chi connectivity index (χ0n) is 18.2. The van der Waals surface area contributed by atoms with E-state index >= 15 is 0 Å². The zero-order valence-corrected chi connectivity index (χ0v) is 18.9. The Bertz CT molecular complexity index is 1360. The van der Waals surface area contributed by atoms with E-state index in [-0.39, 0.29) is 0 Å². The fourth-order valence-electron chi connectivity index (χ4n) is 3.71. The van der Waals surface area contributed by atoms with E-state index in [1.54, 1.807) is 32.4 Å². The Morgan fingerprint density at radius 2 is 1.75 bits per heavy atom. The number of hydrogen-bond donors (Lipinski definition) is 0. The molecular formula is C25H21ClN4O2. The molecule has 4 rings (SSSR count). The van der Waals surface area contributed by atoms with Crippen molar-refractivity contribution in [2.24, 2.45) is 0 Å². The maximum Gasteiger partial charge on any atom is 0.163 e. The molecule has 0 bridgehead atoms. The molecule has 1 heterocycles. The summed E-state index contributed by atoms with van der Waals surface area (Å²) in [6, 6.07) is 19.1. The van der Waals surface area contributed by atoms with E-state index in [0.29, 0.717) is 27.9 Å². The first-order valence-electron chi connectivity index (χ1n) is 9.89. The predicted molar refractivity (Wildman–Crippen MR) is 127 cm³/mol. The van der Waals surface area contributed by atoms with Crippen LogP contribution in [0.25, 0.3) is 21.9 Å². The van der Waals surface area contributed by atoms with Gasteiger partial charge in [-0.15, -0.1) is 5.10 Å². The molecule has 1 aromatic heterocycles. The average molecular weight is 445 g/mol. The number of fused-ring (bicyclic) bond motifs is 1. The molecule has 0 saturated heterocycles. The first-order valence-corrected chi connectivity index (χ1v) is 10.3. The molecule has 7 heteroatoms. The highest BCUT2D eigenvalue weighted by molar-refractivity contribution is 6.31. The van der Waals surface area contributed by atoms with Gasteiger partial charge < -0.3 is 14.4 Å². The fourth-order valence-corrected chi connectivity index (χ4v) is 3.88. The maximum atomic E-state index is 9.53. The second-order valence-electron chi connectivity index (χ2n) is 7.27. The van der Waals surface area contributed by atoms with Crippen molar-refractivity contribution in [1.29, 1.82) is 5.26 Å². The van der Waals surface area contributed by atoms with E-state index in [0.717, 1.165) is 33.3 Å². The minimum atomic E-state index is 0.564. The lowest BCUT2D eigenvalue weighted by molar-refractivity contribution is 0.395. The van der Waals surface area contributed by atoms with E-state index in [9.17, 15) is 5.26 Å². The number of anilines is 2. The van der Waals surface area contributed by atoms with Crippen molar-refractivity contribution in [3.63, 3.8) is 0 Å². The third kappa shape index (κ3) is 3.79. The highest BCUT2D eigenvalue weighted by atomic mass is 35.5. The lowest BCUT2D eigenvalue weighted by atomic mass is 9.97. The van der Waals surface area contributed by atoms with Crippen LogP contribution in [-0.4, -0.2) is 31.5 Å². The highest BCUT2D eigenvalue weighted by Crippen LogP contribution is 2.38. The lowest BCUT2D eigenvalue weighted by Gasteiger charge is -2.22. The number of halogens is 1. The Kier molecular flexibility index (Phi) is 5.85. The van der Waals surface area contributed by atoms with Crippen LogP contribution >= 0.6 is 11.6 Å². The summed E-state index contributed by atoms with van der Waals surface area (Å²) in [7, 11) is 5.16. The topological polar surface area (TPSA) is 71.3 Å². The zero-order chi connectivity index (χ0) is 22.8. The summed E-state index contributed by atoms with van der Waals surface area (Å²) in [5.41, 5.74) is 3.86. The molecule has 0 amide bonds. The molecule has 0 spiro atoms. The van der Waals surface area contributed by atoms with E-state index in [1.807, 2.05) is 55.3 Å². The summed E-state index contributed by atoms with van der Waals surface area (Å²) in [6.07, 6.45) is 0. The van der Waals surface area contributed by atoms with Gasteiger partial charge in [0.2, 0.25) is 0 Å². The third-order valence-corrected chi connectivity index (χ3v) is 5.66. The van der Waals surface area contributed by atoms with Gasteiger partial charge in [0.05, 0.1) is 37.2 Å². The summed E-state index contributed by atoms with van der Waals surface area (Å²) in [5.74, 6) is 2.06. The van der Waals surface area contributed by atoms with Gasteiger partial charge >= 0.3 is 0 Å². The molecule has 0 aliphatic rings. The van der Waals surface area contributed by atoms with Crippen LogP contribution in [0.15, 0.2) is 54.6 Å². The molecule has 0 aliphatic carbocycles. The summed E-state index contributed by atoms with van der Waals surface area (Å²) in [5, 5.41) is 20.8. The molecule has 4 aromatic rings. The van der Waals surface area contributed by atoms with Crippen molar-refractivity contribution in [3.8, 4) is 28.7 Å². The van der Waals surface area contributed by atoms with Crippen LogP contribution in [0.5, 0.6) is 11.5 Å². The number of benzene rings is 3. The normalized spacial score (nSPS) is 10.6. The van der Waals surface area contributed by atoms with Crippen LogP contribution in [0.4, 0.5) is 11.5 Å². The smallest absolute Gasteiger partial charge is 0.163 e. The monoisotopic (exact) mass is 444 g/mol. The number of rotatable bonds is 5. The van der Waals surface area contributed by atoms with Crippen LogP contribution in [0, 0.1) is 18.3 Å². The van der Waals surface area contributed by atoms with Gasteiger partial charge in [-0.1, -0.05) is 17.7 Å². The Labute approximate surface area is 191 Å². The van der Waals surface area contributed by atoms with E-state index in [2.05, 4.69) is 16.3 Å². The number of aryl methyl sites for hydroxylation is 1. The molecule has 0 aliphatic heterocycles. The molecule has 6 nitrogen and oxygen atoms in total. The van der Waals surface area contributed by atoms with Crippen LogP contribution < -0.4 is 14.4 Å². The van der Waals surface area contributed by atoms with Gasteiger partial charge in [0.1, 0.15) is 11.5 Å². The number of hydrogen-bond acceptors (Lipinski definition) is 6. The lowest BCUT2D eigenvalue weighted by Crippen LogP contribution is -2.14. The first kappa shape index (κ1) is 21.4. The Hall–Kier alpha value is -3.82. The first-order chi connectivity index (χ1) is 15.5. The molecule has 0 saturated carbocycles. The van der Waals surface area contributed by atoms with Crippen molar-refractivity contribution in [1.82, 2.24) is 10.2 Å². The molecular weight excluding hydrogens is 424 g/mol. The second kappa shape index (κ2) is 8.74. The fraction of sp³-hybridized carbons (Fsp3) is 0.160. The number of nitriles is 1.